The Morgan fingerprint density at radius 3 is 2.48 bits per heavy atom. The quantitative estimate of drug-likeness (QED) is 0.773. The molecule has 154 valence electrons. The molecule has 0 aliphatic carbocycles. The molecule has 2 aromatic rings. The molecule has 1 saturated heterocycles. The summed E-state index contributed by atoms with van der Waals surface area (Å²) in [5.41, 5.74) is 2.06. The number of ether oxygens (including phenoxy) is 1. The summed E-state index contributed by atoms with van der Waals surface area (Å²) in [4.78, 5) is 28.4. The maximum Gasteiger partial charge on any atom is 0.255 e. The minimum atomic E-state index is -0.220. The lowest BCUT2D eigenvalue weighted by Crippen LogP contribution is -2.48. The summed E-state index contributed by atoms with van der Waals surface area (Å²) in [5, 5.41) is 3.45. The SMILES string of the molecule is CCOc1cccc(C(=O)Nc2ccc(N3CCN(C(=O)CC)CC3)c(Cl)c2)c1. The molecule has 1 aliphatic heterocycles. The molecule has 0 unspecified atom stereocenters. The van der Waals surface area contributed by atoms with E-state index in [1.54, 1.807) is 24.3 Å². The van der Waals surface area contributed by atoms with Crippen LogP contribution in [0, 0.1) is 0 Å². The lowest BCUT2D eigenvalue weighted by Gasteiger charge is -2.36. The number of benzene rings is 2. The van der Waals surface area contributed by atoms with Gasteiger partial charge >= 0.3 is 0 Å². The Balaban J connectivity index is 1.65. The molecule has 29 heavy (non-hydrogen) atoms. The third-order valence-electron chi connectivity index (χ3n) is 4.89. The van der Waals surface area contributed by atoms with Crippen molar-refractivity contribution in [2.24, 2.45) is 0 Å². The Hall–Kier alpha value is -2.73. The van der Waals surface area contributed by atoms with Crippen LogP contribution in [-0.4, -0.2) is 49.5 Å². The highest BCUT2D eigenvalue weighted by molar-refractivity contribution is 6.33. The van der Waals surface area contributed by atoms with Gasteiger partial charge in [0.25, 0.3) is 5.91 Å². The number of amides is 2. The topological polar surface area (TPSA) is 61.9 Å². The zero-order valence-electron chi connectivity index (χ0n) is 16.8. The van der Waals surface area contributed by atoms with Gasteiger partial charge in [-0.15, -0.1) is 0 Å². The molecule has 2 amide bonds. The first-order valence-electron chi connectivity index (χ1n) is 9.88. The van der Waals surface area contributed by atoms with Crippen molar-refractivity contribution in [1.82, 2.24) is 4.90 Å². The second-order valence-electron chi connectivity index (χ2n) is 6.80. The Bertz CT molecular complexity index is 879. The number of halogens is 1. The summed E-state index contributed by atoms with van der Waals surface area (Å²) in [7, 11) is 0. The zero-order valence-corrected chi connectivity index (χ0v) is 17.5. The van der Waals surface area contributed by atoms with E-state index < -0.39 is 0 Å². The maximum atomic E-state index is 12.5. The summed E-state index contributed by atoms with van der Waals surface area (Å²) >= 11 is 6.49. The van der Waals surface area contributed by atoms with Crippen molar-refractivity contribution in [2.45, 2.75) is 20.3 Å². The summed E-state index contributed by atoms with van der Waals surface area (Å²) < 4.78 is 5.45. The zero-order chi connectivity index (χ0) is 20.8. The van der Waals surface area contributed by atoms with Crippen LogP contribution in [0.3, 0.4) is 0 Å². The van der Waals surface area contributed by atoms with Crippen LogP contribution in [-0.2, 0) is 4.79 Å². The van der Waals surface area contributed by atoms with E-state index in [1.165, 1.54) is 0 Å². The first kappa shape index (κ1) is 21.0. The molecule has 1 fully saturated rings. The van der Waals surface area contributed by atoms with Gasteiger partial charge in [-0.05, 0) is 43.3 Å². The van der Waals surface area contributed by atoms with Gasteiger partial charge in [0.1, 0.15) is 5.75 Å². The first-order valence-corrected chi connectivity index (χ1v) is 10.3. The molecule has 0 spiro atoms. The molecule has 1 aliphatic rings. The van der Waals surface area contributed by atoms with Crippen LogP contribution >= 0.6 is 11.6 Å². The van der Waals surface area contributed by atoms with Crippen LogP contribution in [0.5, 0.6) is 5.75 Å². The minimum Gasteiger partial charge on any atom is -0.494 e. The van der Waals surface area contributed by atoms with Crippen LogP contribution in [0.25, 0.3) is 0 Å². The highest BCUT2D eigenvalue weighted by Gasteiger charge is 2.21. The van der Waals surface area contributed by atoms with E-state index in [0.29, 0.717) is 48.1 Å². The third-order valence-corrected chi connectivity index (χ3v) is 5.19. The average molecular weight is 416 g/mol. The molecule has 0 radical (unpaired) electrons. The molecule has 7 heteroatoms. The van der Waals surface area contributed by atoms with E-state index >= 15 is 0 Å². The maximum absolute atomic E-state index is 12.5. The van der Waals surface area contributed by atoms with Crippen molar-refractivity contribution >= 4 is 34.8 Å². The van der Waals surface area contributed by atoms with Crippen LogP contribution in [0.2, 0.25) is 5.02 Å². The average Bonchev–Trinajstić information content (AvgIpc) is 2.74. The number of rotatable bonds is 6. The first-order chi connectivity index (χ1) is 14.0. The van der Waals surface area contributed by atoms with Gasteiger partial charge in [-0.2, -0.15) is 0 Å². The molecule has 0 atom stereocenters. The second-order valence-corrected chi connectivity index (χ2v) is 7.21. The van der Waals surface area contributed by atoms with E-state index in [4.69, 9.17) is 16.3 Å². The number of nitrogens with zero attached hydrogens (tertiary/aromatic N) is 2. The van der Waals surface area contributed by atoms with E-state index in [0.717, 1.165) is 18.8 Å². The largest absolute Gasteiger partial charge is 0.494 e. The predicted molar refractivity (Wildman–Crippen MR) is 116 cm³/mol. The Morgan fingerprint density at radius 1 is 1.07 bits per heavy atom. The predicted octanol–water partition coefficient (Wildman–Crippen LogP) is 4.05. The van der Waals surface area contributed by atoms with E-state index in [2.05, 4.69) is 10.2 Å². The lowest BCUT2D eigenvalue weighted by molar-refractivity contribution is -0.131. The molecule has 2 aromatic carbocycles. The van der Waals surface area contributed by atoms with Gasteiger partial charge in [0.15, 0.2) is 0 Å². The van der Waals surface area contributed by atoms with Crippen LogP contribution in [0.15, 0.2) is 42.5 Å². The highest BCUT2D eigenvalue weighted by atomic mass is 35.5. The number of carbonyl (C=O) groups excluding carboxylic acids is 2. The van der Waals surface area contributed by atoms with Gasteiger partial charge in [0.2, 0.25) is 5.91 Å². The summed E-state index contributed by atoms with van der Waals surface area (Å²) in [5.74, 6) is 0.624. The minimum absolute atomic E-state index is 0.183. The molecule has 0 bridgehead atoms. The van der Waals surface area contributed by atoms with Crippen molar-refractivity contribution in [3.8, 4) is 5.75 Å². The molecule has 1 N–H and O–H groups in total. The van der Waals surface area contributed by atoms with Crippen molar-refractivity contribution in [3.63, 3.8) is 0 Å². The van der Waals surface area contributed by atoms with Gasteiger partial charge in [-0.25, -0.2) is 0 Å². The molecule has 1 heterocycles. The van der Waals surface area contributed by atoms with Gasteiger partial charge in [0.05, 0.1) is 17.3 Å². The molecular weight excluding hydrogens is 390 g/mol. The number of piperazine rings is 1. The number of anilines is 2. The van der Waals surface area contributed by atoms with Crippen molar-refractivity contribution in [1.29, 1.82) is 0 Å². The van der Waals surface area contributed by atoms with Crippen LogP contribution in [0.1, 0.15) is 30.6 Å². The van der Waals surface area contributed by atoms with E-state index in [-0.39, 0.29) is 11.8 Å². The monoisotopic (exact) mass is 415 g/mol. The summed E-state index contributed by atoms with van der Waals surface area (Å²) in [6, 6.07) is 12.6. The normalized spacial score (nSPS) is 13.9. The lowest BCUT2D eigenvalue weighted by atomic mass is 10.2. The Kier molecular flexibility index (Phi) is 6.99. The van der Waals surface area contributed by atoms with Crippen molar-refractivity contribution in [3.05, 3.63) is 53.1 Å². The molecular formula is C22H26ClN3O3. The fraction of sp³-hybridized carbons (Fsp3) is 0.364. The van der Waals surface area contributed by atoms with E-state index in [1.807, 2.05) is 36.9 Å². The van der Waals surface area contributed by atoms with Gasteiger partial charge in [-0.1, -0.05) is 24.6 Å². The fourth-order valence-corrected chi connectivity index (χ4v) is 3.66. The highest BCUT2D eigenvalue weighted by Crippen LogP contribution is 2.30. The van der Waals surface area contributed by atoms with Gasteiger partial charge in [-0.3, -0.25) is 9.59 Å². The molecule has 0 saturated carbocycles. The number of hydrogen-bond donors (Lipinski definition) is 1. The number of carbonyl (C=O) groups is 2. The standard InChI is InChI=1S/C22H26ClN3O3/c1-3-21(27)26-12-10-25(11-13-26)20-9-8-17(15-19(20)23)24-22(28)16-6-5-7-18(14-16)29-4-2/h5-9,14-15H,3-4,10-13H2,1-2H3,(H,24,28). The van der Waals surface area contributed by atoms with E-state index in [9.17, 15) is 9.59 Å². The van der Waals surface area contributed by atoms with Gasteiger partial charge in [0, 0.05) is 43.9 Å². The fourth-order valence-electron chi connectivity index (χ4n) is 3.36. The smallest absolute Gasteiger partial charge is 0.255 e. The number of hydrogen-bond acceptors (Lipinski definition) is 4. The van der Waals surface area contributed by atoms with Crippen molar-refractivity contribution < 1.29 is 14.3 Å². The Morgan fingerprint density at radius 2 is 1.83 bits per heavy atom. The molecule has 0 aromatic heterocycles. The molecule has 3 rings (SSSR count). The Labute approximate surface area is 176 Å². The van der Waals surface area contributed by atoms with Gasteiger partial charge < -0.3 is 19.9 Å². The van der Waals surface area contributed by atoms with Crippen molar-refractivity contribution in [2.75, 3.05) is 43.0 Å². The third kappa shape index (κ3) is 5.21. The molecule has 6 nitrogen and oxygen atoms in total. The summed E-state index contributed by atoms with van der Waals surface area (Å²) in [6.07, 6.45) is 0.530. The second kappa shape index (κ2) is 9.65. The number of nitrogens with one attached hydrogen (secondary N) is 1. The van der Waals surface area contributed by atoms with Crippen LogP contribution in [0.4, 0.5) is 11.4 Å². The summed E-state index contributed by atoms with van der Waals surface area (Å²) in [6.45, 7) is 7.19. The van der Waals surface area contributed by atoms with Crippen LogP contribution < -0.4 is 15.0 Å².